The lowest BCUT2D eigenvalue weighted by atomic mass is 10.1. The van der Waals surface area contributed by atoms with Crippen LogP contribution >= 0.6 is 0 Å². The number of carbonyl (C=O) groups excluding carboxylic acids is 2. The number of hydrogen-bond donors (Lipinski definition) is 0. The summed E-state index contributed by atoms with van der Waals surface area (Å²) in [6.07, 6.45) is 0. The highest BCUT2D eigenvalue weighted by molar-refractivity contribution is 6.05. The van der Waals surface area contributed by atoms with Crippen molar-refractivity contribution in [2.24, 2.45) is 0 Å². The van der Waals surface area contributed by atoms with Crippen molar-refractivity contribution in [1.82, 2.24) is 0 Å². The Bertz CT molecular complexity index is 966. The van der Waals surface area contributed by atoms with Gasteiger partial charge < -0.3 is 9.64 Å². The molecule has 3 aromatic rings. The van der Waals surface area contributed by atoms with Crippen molar-refractivity contribution in [3.8, 4) is 5.75 Å². The highest BCUT2D eigenvalue weighted by atomic mass is 19.1. The van der Waals surface area contributed by atoms with E-state index in [1.54, 1.807) is 49.5 Å². The molecule has 0 bridgehead atoms. The maximum Gasteiger partial charge on any atom is 0.346 e. The number of nitrogens with zero attached hydrogens (tertiary/aromatic N) is 1. The van der Waals surface area contributed by atoms with Crippen molar-refractivity contribution in [3.63, 3.8) is 0 Å². The zero-order valence-corrected chi connectivity index (χ0v) is 15.0. The summed E-state index contributed by atoms with van der Waals surface area (Å²) < 4.78 is 18.8. The molecule has 3 aromatic carbocycles. The van der Waals surface area contributed by atoms with Crippen molar-refractivity contribution < 1.29 is 18.7 Å². The summed E-state index contributed by atoms with van der Waals surface area (Å²) in [5, 5.41) is 0. The summed E-state index contributed by atoms with van der Waals surface area (Å²) in [6, 6.07) is 19.4. The Morgan fingerprint density at radius 1 is 0.889 bits per heavy atom. The number of anilines is 1. The molecular weight excluding hydrogens is 345 g/mol. The number of amides is 1. The largest absolute Gasteiger partial charge is 0.423 e. The standard InChI is InChI=1S/C22H18FNO3/c1-15-7-9-16(10-8-15)21(25)24(2)17-11-13-18(14-12-17)27-22(26)19-5-3-4-6-20(19)23/h3-14H,1-2H3. The summed E-state index contributed by atoms with van der Waals surface area (Å²) >= 11 is 0. The van der Waals surface area contributed by atoms with Gasteiger partial charge in [0.15, 0.2) is 0 Å². The van der Waals surface area contributed by atoms with Gasteiger partial charge in [0.05, 0.1) is 5.56 Å². The van der Waals surface area contributed by atoms with E-state index >= 15 is 0 Å². The lowest BCUT2D eigenvalue weighted by molar-refractivity contribution is 0.0729. The van der Waals surface area contributed by atoms with Crippen LogP contribution in [0.3, 0.4) is 0 Å². The molecule has 5 heteroatoms. The molecule has 0 N–H and O–H groups in total. The fourth-order valence-corrected chi connectivity index (χ4v) is 2.53. The number of benzene rings is 3. The zero-order valence-electron chi connectivity index (χ0n) is 15.0. The van der Waals surface area contributed by atoms with Gasteiger partial charge in [0.1, 0.15) is 11.6 Å². The molecular formula is C22H18FNO3. The molecule has 0 radical (unpaired) electrons. The Morgan fingerprint density at radius 2 is 1.52 bits per heavy atom. The third-order valence-electron chi connectivity index (χ3n) is 4.13. The minimum atomic E-state index is -0.773. The van der Waals surface area contributed by atoms with Crippen LogP contribution in [0.2, 0.25) is 0 Å². The molecule has 4 nitrogen and oxygen atoms in total. The van der Waals surface area contributed by atoms with Gasteiger partial charge in [-0.25, -0.2) is 9.18 Å². The molecule has 0 saturated heterocycles. The van der Waals surface area contributed by atoms with Gasteiger partial charge in [0, 0.05) is 18.3 Å². The van der Waals surface area contributed by atoms with Gasteiger partial charge in [-0.1, -0.05) is 29.8 Å². The van der Waals surface area contributed by atoms with Gasteiger partial charge in [0.25, 0.3) is 5.91 Å². The van der Waals surface area contributed by atoms with E-state index in [4.69, 9.17) is 4.74 Å². The average Bonchev–Trinajstić information content (AvgIpc) is 2.68. The number of esters is 1. The van der Waals surface area contributed by atoms with Crippen LogP contribution in [0.25, 0.3) is 0 Å². The van der Waals surface area contributed by atoms with E-state index in [-0.39, 0.29) is 17.2 Å². The molecule has 0 heterocycles. The third-order valence-corrected chi connectivity index (χ3v) is 4.13. The Hall–Kier alpha value is -3.47. The van der Waals surface area contributed by atoms with Crippen LogP contribution in [-0.4, -0.2) is 18.9 Å². The summed E-state index contributed by atoms with van der Waals surface area (Å²) in [5.41, 5.74) is 2.17. The Labute approximate surface area is 156 Å². The topological polar surface area (TPSA) is 46.6 Å². The van der Waals surface area contributed by atoms with Crippen molar-refractivity contribution in [3.05, 3.63) is 95.3 Å². The lowest BCUT2D eigenvalue weighted by Gasteiger charge is -2.18. The summed E-state index contributed by atoms with van der Waals surface area (Å²) in [6.45, 7) is 1.96. The van der Waals surface area contributed by atoms with Crippen molar-refractivity contribution in [2.75, 3.05) is 11.9 Å². The first kappa shape index (κ1) is 18.3. The Kier molecular flexibility index (Phi) is 5.31. The lowest BCUT2D eigenvalue weighted by Crippen LogP contribution is -2.26. The van der Waals surface area contributed by atoms with Gasteiger partial charge in [0.2, 0.25) is 0 Å². The molecule has 0 aliphatic carbocycles. The van der Waals surface area contributed by atoms with Gasteiger partial charge in [-0.05, 0) is 55.5 Å². The van der Waals surface area contributed by atoms with Crippen LogP contribution in [0.1, 0.15) is 26.3 Å². The number of hydrogen-bond acceptors (Lipinski definition) is 3. The van der Waals surface area contributed by atoms with Gasteiger partial charge in [-0.2, -0.15) is 0 Å². The number of halogens is 1. The maximum absolute atomic E-state index is 13.6. The summed E-state index contributed by atoms with van der Waals surface area (Å²) in [5.74, 6) is -1.29. The van der Waals surface area contributed by atoms with Crippen LogP contribution in [-0.2, 0) is 0 Å². The second-order valence-corrected chi connectivity index (χ2v) is 6.09. The first-order valence-electron chi connectivity index (χ1n) is 8.37. The second kappa shape index (κ2) is 7.83. The molecule has 136 valence electrons. The molecule has 0 aliphatic rings. The van der Waals surface area contributed by atoms with Crippen molar-refractivity contribution in [1.29, 1.82) is 0 Å². The number of ether oxygens (including phenoxy) is 1. The predicted octanol–water partition coefficient (Wildman–Crippen LogP) is 4.63. The van der Waals surface area contributed by atoms with E-state index in [1.165, 1.54) is 23.1 Å². The molecule has 0 aromatic heterocycles. The molecule has 27 heavy (non-hydrogen) atoms. The Morgan fingerprint density at radius 3 is 2.15 bits per heavy atom. The van der Waals surface area contributed by atoms with Crippen LogP contribution < -0.4 is 9.64 Å². The third kappa shape index (κ3) is 4.20. The van der Waals surface area contributed by atoms with E-state index in [2.05, 4.69) is 0 Å². The highest BCUT2D eigenvalue weighted by Gasteiger charge is 2.15. The molecule has 0 unspecified atom stereocenters. The van der Waals surface area contributed by atoms with Crippen molar-refractivity contribution in [2.45, 2.75) is 6.92 Å². The maximum atomic E-state index is 13.6. The fourth-order valence-electron chi connectivity index (χ4n) is 2.53. The molecule has 0 atom stereocenters. The van der Waals surface area contributed by atoms with Crippen LogP contribution in [0.4, 0.5) is 10.1 Å². The number of aryl methyl sites for hydroxylation is 1. The molecule has 0 aliphatic heterocycles. The molecule has 0 fully saturated rings. The van der Waals surface area contributed by atoms with E-state index in [9.17, 15) is 14.0 Å². The van der Waals surface area contributed by atoms with Crippen LogP contribution in [0, 0.1) is 12.7 Å². The smallest absolute Gasteiger partial charge is 0.346 e. The van der Waals surface area contributed by atoms with Gasteiger partial charge in [-0.3, -0.25) is 4.79 Å². The second-order valence-electron chi connectivity index (χ2n) is 6.09. The molecule has 0 spiro atoms. The average molecular weight is 363 g/mol. The van der Waals surface area contributed by atoms with E-state index in [0.29, 0.717) is 11.3 Å². The predicted molar refractivity (Wildman–Crippen MR) is 102 cm³/mol. The quantitative estimate of drug-likeness (QED) is 0.501. The SMILES string of the molecule is Cc1ccc(C(=O)N(C)c2ccc(OC(=O)c3ccccc3F)cc2)cc1. The zero-order chi connectivity index (χ0) is 19.4. The molecule has 0 saturated carbocycles. The minimum Gasteiger partial charge on any atom is -0.423 e. The van der Waals surface area contributed by atoms with Crippen LogP contribution in [0.5, 0.6) is 5.75 Å². The van der Waals surface area contributed by atoms with Crippen LogP contribution in [0.15, 0.2) is 72.8 Å². The summed E-state index contributed by atoms with van der Waals surface area (Å²) in [7, 11) is 1.67. The van der Waals surface area contributed by atoms with Gasteiger partial charge >= 0.3 is 5.97 Å². The molecule has 1 amide bonds. The number of rotatable bonds is 4. The monoisotopic (exact) mass is 363 g/mol. The highest BCUT2D eigenvalue weighted by Crippen LogP contribution is 2.21. The van der Waals surface area contributed by atoms with E-state index < -0.39 is 11.8 Å². The normalized spacial score (nSPS) is 10.3. The fraction of sp³-hybridized carbons (Fsp3) is 0.0909. The van der Waals surface area contributed by atoms with Gasteiger partial charge in [-0.15, -0.1) is 0 Å². The molecule has 3 rings (SSSR count). The minimum absolute atomic E-state index is 0.131. The van der Waals surface area contributed by atoms with Crippen molar-refractivity contribution >= 4 is 17.6 Å². The van der Waals surface area contributed by atoms with E-state index in [0.717, 1.165) is 5.56 Å². The first-order valence-corrected chi connectivity index (χ1v) is 8.37. The first-order chi connectivity index (χ1) is 13.0. The van der Waals surface area contributed by atoms with E-state index in [1.807, 2.05) is 19.1 Å². The summed E-state index contributed by atoms with van der Waals surface area (Å²) in [4.78, 5) is 26.1. The Balaban J connectivity index is 1.71. The number of carbonyl (C=O) groups is 2.